The fourth-order valence-corrected chi connectivity index (χ4v) is 7.23. The molecule has 0 spiro atoms. The predicted octanol–water partition coefficient (Wildman–Crippen LogP) is 12.7. The smallest absolute Gasteiger partial charge is 0.143 e. The minimum absolute atomic E-state index is 0.239. The Balaban J connectivity index is 0.979. The first-order valence-corrected chi connectivity index (χ1v) is 18.9. The molecule has 9 rings (SSSR count). The van der Waals surface area contributed by atoms with Crippen molar-refractivity contribution in [2.75, 3.05) is 5.32 Å². The van der Waals surface area contributed by atoms with Gasteiger partial charge in [-0.1, -0.05) is 182 Å². The van der Waals surface area contributed by atoms with Crippen molar-refractivity contribution < 1.29 is 4.42 Å². The van der Waals surface area contributed by atoms with Crippen LogP contribution in [0.15, 0.2) is 210 Å². The van der Waals surface area contributed by atoms with Crippen molar-refractivity contribution in [3.05, 3.63) is 217 Å². The summed E-state index contributed by atoms with van der Waals surface area (Å²) in [6.45, 7) is 0.628. The third-order valence-corrected chi connectivity index (χ3v) is 10.1. The first-order chi connectivity index (χ1) is 27.8. The number of hydrogen-bond acceptors (Lipinski definition) is 5. The van der Waals surface area contributed by atoms with Crippen molar-refractivity contribution in [1.29, 1.82) is 0 Å². The molecule has 1 aromatic heterocycles. The highest BCUT2D eigenvalue weighted by atomic mass is 16.3. The Kier molecular flexibility index (Phi) is 9.99. The average Bonchev–Trinajstić information content (AvgIpc) is 3.66. The van der Waals surface area contributed by atoms with Crippen LogP contribution in [0.4, 0.5) is 11.4 Å². The van der Waals surface area contributed by atoms with Gasteiger partial charge >= 0.3 is 0 Å². The molecule has 1 heterocycles. The van der Waals surface area contributed by atoms with Crippen LogP contribution in [0.1, 0.15) is 22.9 Å². The Morgan fingerprint density at radius 1 is 0.500 bits per heavy atom. The number of nitrogens with one attached hydrogen (secondary N) is 3. The van der Waals surface area contributed by atoms with E-state index in [1.165, 1.54) is 0 Å². The first kappa shape index (κ1) is 34.7. The maximum Gasteiger partial charge on any atom is 0.143 e. The topological polar surface area (TPSA) is 61.6 Å². The Morgan fingerprint density at radius 2 is 1.07 bits per heavy atom. The van der Waals surface area contributed by atoms with Gasteiger partial charge < -0.3 is 9.73 Å². The molecular formula is C51H40N4O. The van der Waals surface area contributed by atoms with Crippen LogP contribution in [-0.4, -0.2) is 6.21 Å². The standard InChI is InChI=1S/C51H40N4O/c1-5-15-36(16-6-1)34-52-51(40-21-11-4-12-22-40)55-53-35-37-27-30-42(31-28-37)54-48-33-41(29-32-43(48)38-17-7-2-8-18-38)45-24-14-26-47-46-25-13-23-44(49(46)56-50(45)47)39-19-9-3-10-20-39/h1-34,51,53-55H,35H2/b52-34+. The second-order valence-corrected chi connectivity index (χ2v) is 13.8. The molecule has 5 nitrogen and oxygen atoms in total. The van der Waals surface area contributed by atoms with Crippen molar-refractivity contribution in [1.82, 2.24) is 10.9 Å². The average molecular weight is 725 g/mol. The third-order valence-electron chi connectivity index (χ3n) is 10.1. The van der Waals surface area contributed by atoms with Crippen LogP contribution in [0.5, 0.6) is 0 Å². The molecule has 56 heavy (non-hydrogen) atoms. The number of benzene rings is 8. The summed E-state index contributed by atoms with van der Waals surface area (Å²) in [5.74, 6) is 0. The Labute approximate surface area is 327 Å². The highest BCUT2D eigenvalue weighted by molar-refractivity contribution is 6.13. The molecule has 1 atom stereocenters. The molecule has 0 saturated heterocycles. The van der Waals surface area contributed by atoms with Gasteiger partial charge in [0.05, 0.1) is 0 Å². The number of fused-ring (bicyclic) bond motifs is 3. The van der Waals surface area contributed by atoms with Crippen molar-refractivity contribution in [3.63, 3.8) is 0 Å². The molecule has 0 aliphatic heterocycles. The van der Waals surface area contributed by atoms with E-state index in [0.717, 1.165) is 83.4 Å². The molecule has 1 unspecified atom stereocenters. The highest BCUT2D eigenvalue weighted by Crippen LogP contribution is 2.41. The van der Waals surface area contributed by atoms with Gasteiger partial charge in [0.1, 0.15) is 17.3 Å². The minimum atomic E-state index is -0.239. The number of nitrogens with zero attached hydrogens (tertiary/aromatic N) is 1. The van der Waals surface area contributed by atoms with Gasteiger partial charge in [-0.25, -0.2) is 5.43 Å². The maximum absolute atomic E-state index is 6.78. The molecule has 0 saturated carbocycles. The van der Waals surface area contributed by atoms with Gasteiger partial charge in [0.25, 0.3) is 0 Å². The number of para-hydroxylation sites is 2. The second-order valence-electron chi connectivity index (χ2n) is 13.8. The van der Waals surface area contributed by atoms with Crippen molar-refractivity contribution in [3.8, 4) is 33.4 Å². The third kappa shape index (κ3) is 7.50. The molecule has 3 N–H and O–H groups in total. The molecular weight excluding hydrogens is 685 g/mol. The summed E-state index contributed by atoms with van der Waals surface area (Å²) < 4.78 is 6.78. The summed E-state index contributed by atoms with van der Waals surface area (Å²) in [4.78, 5) is 4.85. The van der Waals surface area contributed by atoms with Crippen molar-refractivity contribution in [2.24, 2.45) is 4.99 Å². The molecule has 270 valence electrons. The Bertz CT molecular complexity index is 2730. The van der Waals surface area contributed by atoms with E-state index in [2.05, 4.69) is 174 Å². The normalized spacial score (nSPS) is 12.0. The molecule has 8 aromatic carbocycles. The van der Waals surface area contributed by atoms with Crippen molar-refractivity contribution >= 4 is 39.5 Å². The van der Waals surface area contributed by atoms with Gasteiger partial charge in [-0.05, 0) is 51.6 Å². The van der Waals surface area contributed by atoms with E-state index in [1.807, 2.05) is 48.7 Å². The summed E-state index contributed by atoms with van der Waals surface area (Å²) in [5.41, 5.74) is 20.5. The molecule has 0 fully saturated rings. The van der Waals surface area contributed by atoms with Gasteiger partial charge in [-0.3, -0.25) is 10.4 Å². The summed E-state index contributed by atoms with van der Waals surface area (Å²) in [7, 11) is 0. The zero-order valence-electron chi connectivity index (χ0n) is 30.8. The van der Waals surface area contributed by atoms with E-state index in [4.69, 9.17) is 9.41 Å². The zero-order chi connectivity index (χ0) is 37.5. The summed E-state index contributed by atoms with van der Waals surface area (Å²) in [6.07, 6.45) is 1.67. The molecule has 5 heteroatoms. The van der Waals surface area contributed by atoms with Gasteiger partial charge in [0.15, 0.2) is 0 Å². The minimum Gasteiger partial charge on any atom is -0.455 e. The van der Waals surface area contributed by atoms with Crippen LogP contribution in [0, 0.1) is 0 Å². The maximum atomic E-state index is 6.78. The van der Waals surface area contributed by atoms with E-state index in [9.17, 15) is 0 Å². The molecule has 0 bridgehead atoms. The van der Waals surface area contributed by atoms with Gasteiger partial charge in [-0.2, -0.15) is 0 Å². The number of anilines is 2. The largest absolute Gasteiger partial charge is 0.455 e. The van der Waals surface area contributed by atoms with Crippen LogP contribution in [0.3, 0.4) is 0 Å². The lowest BCUT2D eigenvalue weighted by Crippen LogP contribution is -2.34. The van der Waals surface area contributed by atoms with Crippen LogP contribution in [0.25, 0.3) is 55.3 Å². The first-order valence-electron chi connectivity index (χ1n) is 18.9. The second kappa shape index (κ2) is 16.1. The molecule has 0 aliphatic carbocycles. The Morgan fingerprint density at radius 3 is 1.71 bits per heavy atom. The van der Waals surface area contributed by atoms with Crippen LogP contribution < -0.4 is 16.2 Å². The number of hydrogen-bond donors (Lipinski definition) is 3. The summed E-state index contributed by atoms with van der Waals surface area (Å²) >= 11 is 0. The van der Waals surface area contributed by atoms with Crippen LogP contribution >= 0.6 is 0 Å². The SMILES string of the molecule is C(=N\C(NNCc1ccc(Nc2cc(-c3cccc4c3oc3c(-c5ccccc5)cccc34)ccc2-c2ccccc2)cc1)c1ccccc1)/c1ccccc1. The van der Waals surface area contributed by atoms with E-state index in [1.54, 1.807) is 0 Å². The van der Waals surface area contributed by atoms with E-state index < -0.39 is 0 Å². The number of rotatable bonds is 12. The lowest BCUT2D eigenvalue weighted by Gasteiger charge is -2.17. The summed E-state index contributed by atoms with van der Waals surface area (Å²) in [6, 6.07) is 69.4. The number of aliphatic imine (C=N–C) groups is 1. The van der Waals surface area contributed by atoms with E-state index >= 15 is 0 Å². The van der Waals surface area contributed by atoms with Gasteiger partial charge in [-0.15, -0.1) is 0 Å². The van der Waals surface area contributed by atoms with Crippen LogP contribution in [0.2, 0.25) is 0 Å². The highest BCUT2D eigenvalue weighted by Gasteiger charge is 2.17. The Hall–Kier alpha value is -7.05. The van der Waals surface area contributed by atoms with E-state index in [-0.39, 0.29) is 6.17 Å². The molecule has 9 aromatic rings. The van der Waals surface area contributed by atoms with E-state index in [0.29, 0.717) is 6.54 Å². The lowest BCUT2D eigenvalue weighted by atomic mass is 9.96. The fourth-order valence-electron chi connectivity index (χ4n) is 7.23. The van der Waals surface area contributed by atoms with Crippen LogP contribution in [-0.2, 0) is 6.54 Å². The van der Waals surface area contributed by atoms with Gasteiger partial charge in [0, 0.05) is 51.6 Å². The molecule has 0 amide bonds. The molecule has 0 radical (unpaired) electrons. The zero-order valence-corrected chi connectivity index (χ0v) is 30.8. The lowest BCUT2D eigenvalue weighted by molar-refractivity contribution is 0.449. The number of furan rings is 1. The quantitative estimate of drug-likeness (QED) is 0.0867. The molecule has 0 aliphatic rings. The monoisotopic (exact) mass is 724 g/mol. The summed E-state index contributed by atoms with van der Waals surface area (Å²) in [5, 5.41) is 5.97. The predicted molar refractivity (Wildman–Crippen MR) is 233 cm³/mol. The fraction of sp³-hybridized carbons (Fsp3) is 0.0392. The number of hydrazine groups is 1. The van der Waals surface area contributed by atoms with Crippen molar-refractivity contribution in [2.45, 2.75) is 12.7 Å². The van der Waals surface area contributed by atoms with Gasteiger partial charge in [0.2, 0.25) is 0 Å².